The normalized spacial score (nSPS) is 18.9. The Morgan fingerprint density at radius 3 is 2.39 bits per heavy atom. The van der Waals surface area contributed by atoms with Gasteiger partial charge in [0.25, 0.3) is 0 Å². The van der Waals surface area contributed by atoms with Crippen molar-refractivity contribution >= 4 is 0 Å². The number of hydrogen-bond acceptors (Lipinski definition) is 2. The molecule has 1 saturated carbocycles. The van der Waals surface area contributed by atoms with Gasteiger partial charge in [-0.15, -0.1) is 0 Å². The second kappa shape index (κ2) is 5.85. The van der Waals surface area contributed by atoms with Crippen LogP contribution in [-0.4, -0.2) is 19.6 Å². The topological polar surface area (TPSA) is 38.0 Å². The lowest BCUT2D eigenvalue weighted by Gasteiger charge is -2.22. The van der Waals surface area contributed by atoms with E-state index in [2.05, 4.69) is 49.5 Å². The van der Waals surface area contributed by atoms with Crippen LogP contribution >= 0.6 is 0 Å². The number of rotatable bonds is 7. The molecule has 1 atom stereocenters. The molecule has 1 aliphatic rings. The lowest BCUT2D eigenvalue weighted by Crippen LogP contribution is -2.33. The van der Waals surface area contributed by atoms with Crippen LogP contribution in [0.4, 0.5) is 0 Å². The van der Waals surface area contributed by atoms with E-state index in [9.17, 15) is 0 Å². The molecule has 0 aliphatic heterocycles. The molecule has 1 aromatic rings. The SMILES string of the molecule is CC(C)C1(CNCC(CN)c2ccccc2)CC1. The van der Waals surface area contributed by atoms with Crippen molar-refractivity contribution in [3.63, 3.8) is 0 Å². The second-order valence-corrected chi connectivity index (χ2v) is 5.99. The van der Waals surface area contributed by atoms with Crippen molar-refractivity contribution in [1.82, 2.24) is 5.32 Å². The summed E-state index contributed by atoms with van der Waals surface area (Å²) < 4.78 is 0. The van der Waals surface area contributed by atoms with Crippen molar-refractivity contribution in [2.24, 2.45) is 17.1 Å². The summed E-state index contributed by atoms with van der Waals surface area (Å²) in [6.07, 6.45) is 2.77. The maximum Gasteiger partial charge on any atom is 0.00863 e. The third-order valence-corrected chi connectivity index (χ3v) is 4.54. The van der Waals surface area contributed by atoms with Gasteiger partial charge < -0.3 is 11.1 Å². The summed E-state index contributed by atoms with van der Waals surface area (Å²) in [6, 6.07) is 10.6. The van der Waals surface area contributed by atoms with Crippen LogP contribution in [-0.2, 0) is 0 Å². The molecule has 0 saturated heterocycles. The van der Waals surface area contributed by atoms with Crippen molar-refractivity contribution in [2.75, 3.05) is 19.6 Å². The van der Waals surface area contributed by atoms with Crippen molar-refractivity contribution in [3.05, 3.63) is 35.9 Å². The molecule has 0 heterocycles. The van der Waals surface area contributed by atoms with E-state index < -0.39 is 0 Å². The lowest BCUT2D eigenvalue weighted by atomic mass is 9.92. The van der Waals surface area contributed by atoms with Gasteiger partial charge in [0.15, 0.2) is 0 Å². The Morgan fingerprint density at radius 2 is 1.89 bits per heavy atom. The molecular weight excluding hydrogens is 220 g/mol. The molecule has 0 bridgehead atoms. The number of benzene rings is 1. The maximum absolute atomic E-state index is 5.89. The predicted molar refractivity (Wildman–Crippen MR) is 77.6 cm³/mol. The molecule has 0 amide bonds. The Hall–Kier alpha value is -0.860. The van der Waals surface area contributed by atoms with E-state index in [0.717, 1.165) is 19.0 Å². The third-order valence-electron chi connectivity index (χ3n) is 4.54. The van der Waals surface area contributed by atoms with Crippen LogP contribution in [0.5, 0.6) is 0 Å². The summed E-state index contributed by atoms with van der Waals surface area (Å²) >= 11 is 0. The first kappa shape index (κ1) is 13.6. The van der Waals surface area contributed by atoms with Crippen LogP contribution in [0.15, 0.2) is 30.3 Å². The van der Waals surface area contributed by atoms with Gasteiger partial charge >= 0.3 is 0 Å². The Morgan fingerprint density at radius 1 is 1.22 bits per heavy atom. The van der Waals surface area contributed by atoms with E-state index in [1.807, 2.05) is 0 Å². The van der Waals surface area contributed by atoms with Gasteiger partial charge in [0, 0.05) is 25.6 Å². The van der Waals surface area contributed by atoms with Gasteiger partial charge in [-0.2, -0.15) is 0 Å². The summed E-state index contributed by atoms with van der Waals surface area (Å²) in [7, 11) is 0. The van der Waals surface area contributed by atoms with Gasteiger partial charge in [-0.25, -0.2) is 0 Å². The standard InChI is InChI=1S/C16H26N2/c1-13(2)16(8-9-16)12-18-11-15(10-17)14-6-4-3-5-7-14/h3-7,13,15,18H,8-12,17H2,1-2H3. The number of nitrogens with two attached hydrogens (primary N) is 1. The highest BCUT2D eigenvalue weighted by atomic mass is 14.9. The minimum Gasteiger partial charge on any atom is -0.330 e. The predicted octanol–water partition coefficient (Wildman–Crippen LogP) is 2.75. The average Bonchev–Trinajstić information content (AvgIpc) is 3.17. The molecule has 2 heteroatoms. The average molecular weight is 246 g/mol. The smallest absolute Gasteiger partial charge is 0.00863 e. The van der Waals surface area contributed by atoms with Crippen LogP contribution in [0.3, 0.4) is 0 Å². The van der Waals surface area contributed by atoms with Gasteiger partial charge in [0.1, 0.15) is 0 Å². The molecule has 0 aromatic heterocycles. The van der Waals surface area contributed by atoms with Crippen LogP contribution in [0.1, 0.15) is 38.2 Å². The molecule has 2 nitrogen and oxygen atoms in total. The van der Waals surface area contributed by atoms with E-state index in [0.29, 0.717) is 17.9 Å². The minimum atomic E-state index is 0.439. The van der Waals surface area contributed by atoms with E-state index in [1.165, 1.54) is 18.4 Å². The fraction of sp³-hybridized carbons (Fsp3) is 0.625. The summed E-state index contributed by atoms with van der Waals surface area (Å²) in [6.45, 7) is 7.53. The number of nitrogens with one attached hydrogen (secondary N) is 1. The Kier molecular flexibility index (Phi) is 4.41. The molecule has 0 radical (unpaired) electrons. The molecule has 1 unspecified atom stereocenters. The van der Waals surface area contributed by atoms with Crippen molar-refractivity contribution < 1.29 is 0 Å². The Bertz CT molecular complexity index is 355. The van der Waals surface area contributed by atoms with Crippen molar-refractivity contribution in [3.8, 4) is 0 Å². The van der Waals surface area contributed by atoms with Gasteiger partial charge in [-0.1, -0.05) is 44.2 Å². The maximum atomic E-state index is 5.89. The molecule has 18 heavy (non-hydrogen) atoms. The van der Waals surface area contributed by atoms with Crippen LogP contribution in [0, 0.1) is 11.3 Å². The molecular formula is C16H26N2. The van der Waals surface area contributed by atoms with Crippen LogP contribution in [0.2, 0.25) is 0 Å². The van der Waals surface area contributed by atoms with Crippen molar-refractivity contribution in [1.29, 1.82) is 0 Å². The zero-order valence-corrected chi connectivity index (χ0v) is 11.7. The van der Waals surface area contributed by atoms with E-state index in [1.54, 1.807) is 0 Å². The molecule has 3 N–H and O–H groups in total. The monoisotopic (exact) mass is 246 g/mol. The zero-order chi connectivity index (χ0) is 13.0. The fourth-order valence-electron chi connectivity index (χ4n) is 2.68. The minimum absolute atomic E-state index is 0.439. The highest BCUT2D eigenvalue weighted by Gasteiger charge is 2.44. The largest absolute Gasteiger partial charge is 0.330 e. The Labute approximate surface area is 111 Å². The molecule has 2 rings (SSSR count). The first-order chi connectivity index (χ1) is 8.68. The highest BCUT2D eigenvalue weighted by molar-refractivity contribution is 5.20. The summed E-state index contributed by atoms with van der Waals surface area (Å²) in [5.74, 6) is 1.23. The fourth-order valence-corrected chi connectivity index (χ4v) is 2.68. The van der Waals surface area contributed by atoms with Gasteiger partial charge in [-0.05, 0) is 29.7 Å². The molecule has 1 aromatic carbocycles. The molecule has 100 valence electrons. The van der Waals surface area contributed by atoms with Gasteiger partial charge in [0.05, 0.1) is 0 Å². The first-order valence-corrected chi connectivity index (χ1v) is 7.14. The van der Waals surface area contributed by atoms with E-state index in [-0.39, 0.29) is 0 Å². The molecule has 1 aliphatic carbocycles. The quantitative estimate of drug-likeness (QED) is 0.776. The van der Waals surface area contributed by atoms with E-state index >= 15 is 0 Å². The second-order valence-electron chi connectivity index (χ2n) is 5.99. The highest BCUT2D eigenvalue weighted by Crippen LogP contribution is 2.51. The van der Waals surface area contributed by atoms with Gasteiger partial charge in [0.2, 0.25) is 0 Å². The van der Waals surface area contributed by atoms with Crippen LogP contribution in [0.25, 0.3) is 0 Å². The molecule has 1 fully saturated rings. The zero-order valence-electron chi connectivity index (χ0n) is 11.7. The summed E-state index contributed by atoms with van der Waals surface area (Å²) in [5.41, 5.74) is 7.82. The summed E-state index contributed by atoms with van der Waals surface area (Å²) in [5, 5.41) is 3.64. The third kappa shape index (κ3) is 3.12. The van der Waals surface area contributed by atoms with Crippen LogP contribution < -0.4 is 11.1 Å². The van der Waals surface area contributed by atoms with Gasteiger partial charge in [-0.3, -0.25) is 0 Å². The number of hydrogen-bond donors (Lipinski definition) is 2. The first-order valence-electron chi connectivity index (χ1n) is 7.14. The van der Waals surface area contributed by atoms with E-state index in [4.69, 9.17) is 5.73 Å². The summed E-state index contributed by atoms with van der Waals surface area (Å²) in [4.78, 5) is 0. The lowest BCUT2D eigenvalue weighted by molar-refractivity contribution is 0.335. The molecule has 0 spiro atoms. The Balaban J connectivity index is 1.82. The van der Waals surface area contributed by atoms with Crippen molar-refractivity contribution in [2.45, 2.75) is 32.6 Å².